The maximum Gasteiger partial charge on any atom is 0.341 e. The lowest BCUT2D eigenvalue weighted by molar-refractivity contribution is -0.125. The number of nitrogens with zero attached hydrogens (tertiary/aromatic N) is 1. The second kappa shape index (κ2) is 10.7. The molecule has 174 valence electrons. The Bertz CT molecular complexity index is 1080. The van der Waals surface area contributed by atoms with E-state index in [1.807, 2.05) is 6.92 Å². The zero-order valence-electron chi connectivity index (χ0n) is 18.1. The Morgan fingerprint density at radius 1 is 1.12 bits per heavy atom. The number of benzene rings is 1. The molecule has 0 unspecified atom stereocenters. The van der Waals surface area contributed by atoms with Gasteiger partial charge >= 0.3 is 18.0 Å². The van der Waals surface area contributed by atoms with Gasteiger partial charge < -0.3 is 20.1 Å². The Morgan fingerprint density at radius 2 is 1.91 bits per heavy atom. The highest BCUT2D eigenvalue weighted by molar-refractivity contribution is 7.16. The summed E-state index contributed by atoms with van der Waals surface area (Å²) < 4.78 is 10.1. The van der Waals surface area contributed by atoms with Gasteiger partial charge in [-0.05, 0) is 37.1 Å². The molecule has 10 nitrogen and oxygen atoms in total. The van der Waals surface area contributed by atoms with Gasteiger partial charge in [-0.1, -0.05) is 19.1 Å². The lowest BCUT2D eigenvalue weighted by Crippen LogP contribution is -2.30. The molecule has 2 N–H and O–H groups in total. The number of imide groups is 1. The standard InChI is InChI=1S/C22H23N3O7S/c1-3-15-9-16(21(29)31-4-2)19(33-15)24-17(26)12-32-20(28)14-7-5-6-13(8-14)11-25-18(27)10-23-22(25)30/h5-9H,3-4,10-12H2,1-2H3,(H,23,30)(H,24,26). The summed E-state index contributed by atoms with van der Waals surface area (Å²) in [5.41, 5.74) is 0.986. The molecule has 11 heteroatoms. The van der Waals surface area contributed by atoms with Gasteiger partial charge in [-0.15, -0.1) is 11.3 Å². The summed E-state index contributed by atoms with van der Waals surface area (Å²) in [7, 11) is 0. The maximum absolute atomic E-state index is 12.4. The van der Waals surface area contributed by atoms with Crippen LogP contribution >= 0.6 is 11.3 Å². The van der Waals surface area contributed by atoms with Crippen LogP contribution < -0.4 is 10.6 Å². The van der Waals surface area contributed by atoms with Crippen LogP contribution in [-0.2, 0) is 32.0 Å². The Kier molecular flexibility index (Phi) is 7.78. The van der Waals surface area contributed by atoms with E-state index in [0.717, 1.165) is 9.78 Å². The number of hydrogen-bond donors (Lipinski definition) is 2. The van der Waals surface area contributed by atoms with Gasteiger partial charge in [-0.25, -0.2) is 14.4 Å². The third kappa shape index (κ3) is 5.95. The minimum Gasteiger partial charge on any atom is -0.462 e. The van der Waals surface area contributed by atoms with Gasteiger partial charge in [-0.2, -0.15) is 0 Å². The van der Waals surface area contributed by atoms with Crippen molar-refractivity contribution in [3.05, 3.63) is 51.9 Å². The van der Waals surface area contributed by atoms with E-state index in [1.54, 1.807) is 25.1 Å². The van der Waals surface area contributed by atoms with Gasteiger partial charge in [0.05, 0.1) is 30.8 Å². The average molecular weight is 474 g/mol. The van der Waals surface area contributed by atoms with Crippen LogP contribution in [0.3, 0.4) is 0 Å². The average Bonchev–Trinajstić information content (AvgIpc) is 3.35. The van der Waals surface area contributed by atoms with E-state index < -0.39 is 30.5 Å². The molecule has 3 rings (SSSR count). The quantitative estimate of drug-likeness (QED) is 0.422. The van der Waals surface area contributed by atoms with Crippen LogP contribution in [0.4, 0.5) is 9.80 Å². The zero-order valence-corrected chi connectivity index (χ0v) is 19.0. The number of urea groups is 1. The van der Waals surface area contributed by atoms with Crippen LogP contribution in [-0.4, -0.2) is 54.4 Å². The third-order valence-corrected chi connectivity index (χ3v) is 5.85. The van der Waals surface area contributed by atoms with Crippen LogP contribution in [0.1, 0.15) is 45.0 Å². The molecule has 0 spiro atoms. The van der Waals surface area contributed by atoms with Gasteiger partial charge in [0.2, 0.25) is 5.91 Å². The fourth-order valence-corrected chi connectivity index (χ4v) is 4.04. The Balaban J connectivity index is 1.59. The molecule has 1 aliphatic heterocycles. The number of nitrogens with one attached hydrogen (secondary N) is 2. The van der Waals surface area contributed by atoms with E-state index in [2.05, 4.69) is 10.6 Å². The number of carbonyl (C=O) groups excluding carboxylic acids is 5. The van der Waals surface area contributed by atoms with Crippen molar-refractivity contribution in [1.29, 1.82) is 0 Å². The molecule has 0 bridgehead atoms. The molecule has 1 saturated heterocycles. The molecule has 0 radical (unpaired) electrons. The molecule has 4 amide bonds. The number of aryl methyl sites for hydroxylation is 1. The van der Waals surface area contributed by atoms with Crippen molar-refractivity contribution in [2.45, 2.75) is 26.8 Å². The second-order valence-corrected chi connectivity index (χ2v) is 8.13. The number of thiophene rings is 1. The number of amides is 4. The fraction of sp³-hybridized carbons (Fsp3) is 0.318. The molecule has 1 aromatic heterocycles. The van der Waals surface area contributed by atoms with Crippen molar-refractivity contribution in [3.8, 4) is 0 Å². The van der Waals surface area contributed by atoms with Crippen molar-refractivity contribution in [2.24, 2.45) is 0 Å². The summed E-state index contributed by atoms with van der Waals surface area (Å²) in [6, 6.07) is 7.43. The number of carbonyl (C=O) groups is 5. The minimum absolute atomic E-state index is 0.0149. The van der Waals surface area contributed by atoms with Crippen molar-refractivity contribution >= 4 is 46.1 Å². The fourth-order valence-electron chi connectivity index (χ4n) is 3.04. The topological polar surface area (TPSA) is 131 Å². The van der Waals surface area contributed by atoms with Crippen LogP contribution in [0.15, 0.2) is 30.3 Å². The molecule has 2 heterocycles. The molecular weight excluding hydrogens is 450 g/mol. The molecule has 1 fully saturated rings. The van der Waals surface area contributed by atoms with Crippen molar-refractivity contribution in [3.63, 3.8) is 0 Å². The van der Waals surface area contributed by atoms with E-state index in [4.69, 9.17) is 9.47 Å². The first-order valence-electron chi connectivity index (χ1n) is 10.3. The van der Waals surface area contributed by atoms with E-state index >= 15 is 0 Å². The van der Waals surface area contributed by atoms with Gasteiger partial charge in [0.25, 0.3) is 5.91 Å². The summed E-state index contributed by atoms with van der Waals surface area (Å²) in [4.78, 5) is 62.2. The van der Waals surface area contributed by atoms with E-state index in [-0.39, 0.29) is 36.7 Å². The Morgan fingerprint density at radius 3 is 2.58 bits per heavy atom. The highest BCUT2D eigenvalue weighted by Gasteiger charge is 2.28. The number of rotatable bonds is 9. The maximum atomic E-state index is 12.4. The summed E-state index contributed by atoms with van der Waals surface area (Å²) in [6.07, 6.45) is 0.683. The highest BCUT2D eigenvalue weighted by Crippen LogP contribution is 2.29. The van der Waals surface area contributed by atoms with E-state index in [1.165, 1.54) is 23.5 Å². The first kappa shape index (κ1) is 23.9. The Hall–Kier alpha value is -3.73. The largest absolute Gasteiger partial charge is 0.462 e. The Labute approximate surface area is 193 Å². The first-order valence-corrected chi connectivity index (χ1v) is 11.1. The van der Waals surface area contributed by atoms with Crippen LogP contribution in [0.2, 0.25) is 0 Å². The molecule has 1 aromatic carbocycles. The van der Waals surface area contributed by atoms with Crippen LogP contribution in [0.25, 0.3) is 0 Å². The normalized spacial score (nSPS) is 13.0. The second-order valence-electron chi connectivity index (χ2n) is 6.99. The molecule has 0 atom stereocenters. The monoisotopic (exact) mass is 473 g/mol. The number of ether oxygens (including phenoxy) is 2. The smallest absolute Gasteiger partial charge is 0.341 e. The molecule has 0 saturated carbocycles. The summed E-state index contributed by atoms with van der Waals surface area (Å²) in [6.45, 7) is 3.22. The van der Waals surface area contributed by atoms with E-state index in [0.29, 0.717) is 17.0 Å². The highest BCUT2D eigenvalue weighted by atomic mass is 32.1. The lowest BCUT2D eigenvalue weighted by Gasteiger charge is -2.13. The van der Waals surface area contributed by atoms with E-state index in [9.17, 15) is 24.0 Å². The van der Waals surface area contributed by atoms with Gasteiger partial charge in [0.1, 0.15) is 5.00 Å². The summed E-state index contributed by atoms with van der Waals surface area (Å²) in [5, 5.41) is 5.35. The van der Waals surface area contributed by atoms with Gasteiger partial charge in [0, 0.05) is 4.88 Å². The molecule has 0 aliphatic carbocycles. The predicted octanol–water partition coefficient (Wildman–Crippen LogP) is 2.33. The molecular formula is C22H23N3O7S. The van der Waals surface area contributed by atoms with Crippen molar-refractivity contribution in [2.75, 3.05) is 25.1 Å². The number of esters is 2. The predicted molar refractivity (Wildman–Crippen MR) is 119 cm³/mol. The van der Waals surface area contributed by atoms with Crippen molar-refractivity contribution in [1.82, 2.24) is 10.2 Å². The minimum atomic E-state index is -0.741. The third-order valence-electron chi connectivity index (χ3n) is 4.65. The van der Waals surface area contributed by atoms with Crippen molar-refractivity contribution < 1.29 is 33.4 Å². The van der Waals surface area contributed by atoms with Crippen LogP contribution in [0.5, 0.6) is 0 Å². The molecule has 33 heavy (non-hydrogen) atoms. The summed E-state index contributed by atoms with van der Waals surface area (Å²) >= 11 is 1.25. The SMILES string of the molecule is CCOC(=O)c1cc(CC)sc1NC(=O)COC(=O)c1cccc(CN2C(=O)CNC2=O)c1. The summed E-state index contributed by atoms with van der Waals surface area (Å²) in [5.74, 6) is -2.24. The number of hydrogen-bond acceptors (Lipinski definition) is 8. The van der Waals surface area contributed by atoms with Gasteiger partial charge in [0.15, 0.2) is 6.61 Å². The lowest BCUT2D eigenvalue weighted by atomic mass is 10.1. The number of anilines is 1. The van der Waals surface area contributed by atoms with Crippen LogP contribution in [0, 0.1) is 0 Å². The molecule has 2 aromatic rings. The molecule has 1 aliphatic rings. The first-order chi connectivity index (χ1) is 15.8. The van der Waals surface area contributed by atoms with Gasteiger partial charge in [-0.3, -0.25) is 14.5 Å². The zero-order chi connectivity index (χ0) is 24.0.